The van der Waals surface area contributed by atoms with Gasteiger partial charge in [-0.1, -0.05) is 23.7 Å². The number of aromatic carboxylic acids is 1. The highest BCUT2D eigenvalue weighted by Crippen LogP contribution is 2.23. The molecule has 0 saturated carbocycles. The summed E-state index contributed by atoms with van der Waals surface area (Å²) in [4.78, 5) is 10.8. The van der Waals surface area contributed by atoms with Crippen LogP contribution in [0.4, 0.5) is 0 Å². The van der Waals surface area contributed by atoms with Crippen LogP contribution in [0.5, 0.6) is 0 Å². The zero-order valence-electron chi connectivity index (χ0n) is 11.1. The summed E-state index contributed by atoms with van der Waals surface area (Å²) in [7, 11) is -3.85. The van der Waals surface area contributed by atoms with E-state index in [0.717, 1.165) is 11.6 Å². The molecule has 0 saturated heterocycles. The first-order chi connectivity index (χ1) is 10.3. The van der Waals surface area contributed by atoms with Gasteiger partial charge >= 0.3 is 5.97 Å². The molecule has 22 heavy (non-hydrogen) atoms. The molecule has 0 fully saturated rings. The molecule has 5 nitrogen and oxygen atoms in total. The molecule has 0 unspecified atom stereocenters. The first-order valence-corrected chi connectivity index (χ1v) is 8.72. The van der Waals surface area contributed by atoms with E-state index in [2.05, 4.69) is 20.7 Å². The Hall–Kier alpha value is -1.41. The fraction of sp³-hybridized carbons (Fsp3) is 0.0714. The second-order valence-corrected chi connectivity index (χ2v) is 7.43. The van der Waals surface area contributed by atoms with Crippen molar-refractivity contribution in [2.45, 2.75) is 11.4 Å². The number of hydrogen-bond donors (Lipinski definition) is 2. The van der Waals surface area contributed by atoms with Gasteiger partial charge in [0.25, 0.3) is 0 Å². The van der Waals surface area contributed by atoms with Gasteiger partial charge in [-0.3, -0.25) is 0 Å². The van der Waals surface area contributed by atoms with Gasteiger partial charge in [-0.15, -0.1) is 0 Å². The predicted molar refractivity (Wildman–Crippen MR) is 86.6 cm³/mol. The van der Waals surface area contributed by atoms with Crippen LogP contribution in [0.1, 0.15) is 15.9 Å². The van der Waals surface area contributed by atoms with Gasteiger partial charge < -0.3 is 5.11 Å². The van der Waals surface area contributed by atoms with Crippen molar-refractivity contribution >= 4 is 43.5 Å². The molecule has 0 radical (unpaired) electrons. The molecule has 0 spiro atoms. The highest BCUT2D eigenvalue weighted by Gasteiger charge is 2.19. The zero-order valence-corrected chi connectivity index (χ0v) is 14.2. The van der Waals surface area contributed by atoms with E-state index in [1.165, 1.54) is 12.1 Å². The fourth-order valence-corrected chi connectivity index (χ4v) is 3.83. The fourth-order valence-electron chi connectivity index (χ4n) is 1.70. The first kappa shape index (κ1) is 17.0. The number of carbonyl (C=O) groups is 1. The lowest BCUT2D eigenvalue weighted by molar-refractivity contribution is 0.0696. The van der Waals surface area contributed by atoms with E-state index in [1.807, 2.05) is 0 Å². The van der Waals surface area contributed by atoms with Crippen LogP contribution in [-0.4, -0.2) is 19.5 Å². The van der Waals surface area contributed by atoms with E-state index in [1.54, 1.807) is 24.3 Å². The predicted octanol–water partition coefficient (Wildman–Crippen LogP) is 3.28. The van der Waals surface area contributed by atoms with Gasteiger partial charge in [0, 0.05) is 16.0 Å². The molecule has 2 aromatic carbocycles. The Labute approximate surface area is 141 Å². The molecule has 0 atom stereocenters. The molecule has 116 valence electrons. The Morgan fingerprint density at radius 2 is 1.82 bits per heavy atom. The lowest BCUT2D eigenvalue weighted by Gasteiger charge is -2.09. The SMILES string of the molecule is O=C(O)c1ccc(Br)c(S(=O)(=O)NCc2ccc(Cl)cc2)c1. The number of sulfonamides is 1. The van der Waals surface area contributed by atoms with Crippen molar-refractivity contribution in [1.29, 1.82) is 0 Å². The molecule has 2 aromatic rings. The molecule has 0 heterocycles. The van der Waals surface area contributed by atoms with E-state index in [9.17, 15) is 13.2 Å². The van der Waals surface area contributed by atoms with E-state index in [0.29, 0.717) is 9.50 Å². The number of hydrogen-bond acceptors (Lipinski definition) is 3. The molecule has 8 heteroatoms. The summed E-state index contributed by atoms with van der Waals surface area (Å²) in [6.07, 6.45) is 0. The summed E-state index contributed by atoms with van der Waals surface area (Å²) in [6, 6.07) is 10.5. The van der Waals surface area contributed by atoms with Gasteiger partial charge in [0.1, 0.15) is 0 Å². The molecule has 0 aromatic heterocycles. The molecular weight excluding hydrogens is 394 g/mol. The van der Waals surface area contributed by atoms with E-state index in [4.69, 9.17) is 16.7 Å². The van der Waals surface area contributed by atoms with Crippen LogP contribution in [0.2, 0.25) is 5.02 Å². The molecule has 0 aliphatic rings. The average Bonchev–Trinajstić information content (AvgIpc) is 2.46. The number of rotatable bonds is 5. The largest absolute Gasteiger partial charge is 0.478 e. The summed E-state index contributed by atoms with van der Waals surface area (Å²) < 4.78 is 27.3. The third-order valence-corrected chi connectivity index (χ3v) is 5.49. The van der Waals surface area contributed by atoms with Gasteiger partial charge in [-0.25, -0.2) is 17.9 Å². The summed E-state index contributed by atoms with van der Waals surface area (Å²) in [5.74, 6) is -1.19. The summed E-state index contributed by atoms with van der Waals surface area (Å²) in [6.45, 7) is 0.0727. The lowest BCUT2D eigenvalue weighted by Crippen LogP contribution is -2.24. The van der Waals surface area contributed by atoms with Gasteiger partial charge in [0.15, 0.2) is 0 Å². The molecule has 0 bridgehead atoms. The summed E-state index contributed by atoms with van der Waals surface area (Å²) >= 11 is 8.89. The van der Waals surface area contributed by atoms with Crippen molar-refractivity contribution in [3.8, 4) is 0 Å². The Bertz CT molecular complexity index is 806. The standard InChI is InChI=1S/C14H11BrClNO4S/c15-12-6-3-10(14(18)19)7-13(12)22(20,21)17-8-9-1-4-11(16)5-2-9/h1-7,17H,8H2,(H,18,19). The average molecular weight is 405 g/mol. The Kier molecular flexibility index (Phi) is 5.23. The normalized spacial score (nSPS) is 11.4. The Balaban J connectivity index is 2.25. The van der Waals surface area contributed by atoms with Gasteiger partial charge in [0.2, 0.25) is 10.0 Å². The minimum absolute atomic E-state index is 0.0727. The first-order valence-electron chi connectivity index (χ1n) is 6.06. The molecule has 2 rings (SSSR count). The quantitative estimate of drug-likeness (QED) is 0.801. The summed E-state index contributed by atoms with van der Waals surface area (Å²) in [5, 5.41) is 9.52. The Morgan fingerprint density at radius 1 is 1.18 bits per heavy atom. The smallest absolute Gasteiger partial charge is 0.335 e. The maximum atomic E-state index is 12.3. The maximum absolute atomic E-state index is 12.3. The van der Waals surface area contributed by atoms with Crippen molar-refractivity contribution in [2.24, 2.45) is 0 Å². The van der Waals surface area contributed by atoms with Gasteiger partial charge in [-0.2, -0.15) is 0 Å². The molecule has 0 aliphatic heterocycles. The second-order valence-electron chi connectivity index (χ2n) is 4.40. The van der Waals surface area contributed by atoms with Crippen LogP contribution >= 0.6 is 27.5 Å². The number of carboxylic acid groups (broad SMARTS) is 1. The number of halogens is 2. The number of nitrogens with one attached hydrogen (secondary N) is 1. The molecule has 2 N–H and O–H groups in total. The molecule has 0 aliphatic carbocycles. The van der Waals surface area contributed by atoms with Crippen LogP contribution in [0, 0.1) is 0 Å². The number of carboxylic acids is 1. The van der Waals surface area contributed by atoms with Crippen LogP contribution in [-0.2, 0) is 16.6 Å². The van der Waals surface area contributed by atoms with Crippen molar-refractivity contribution < 1.29 is 18.3 Å². The maximum Gasteiger partial charge on any atom is 0.335 e. The third kappa shape index (κ3) is 4.07. The van der Waals surface area contributed by atoms with Crippen molar-refractivity contribution in [3.63, 3.8) is 0 Å². The molecule has 0 amide bonds. The second kappa shape index (κ2) is 6.78. The lowest BCUT2D eigenvalue weighted by atomic mass is 10.2. The van der Waals surface area contributed by atoms with E-state index < -0.39 is 16.0 Å². The van der Waals surface area contributed by atoms with Crippen molar-refractivity contribution in [1.82, 2.24) is 4.72 Å². The number of benzene rings is 2. The minimum Gasteiger partial charge on any atom is -0.478 e. The zero-order chi connectivity index (χ0) is 16.3. The van der Waals surface area contributed by atoms with E-state index >= 15 is 0 Å². The van der Waals surface area contributed by atoms with Crippen LogP contribution < -0.4 is 4.72 Å². The van der Waals surface area contributed by atoms with Crippen molar-refractivity contribution in [3.05, 3.63) is 63.1 Å². The topological polar surface area (TPSA) is 83.5 Å². The summed E-state index contributed by atoms with van der Waals surface area (Å²) in [5.41, 5.74) is 0.633. The van der Waals surface area contributed by atoms with Crippen LogP contribution in [0.3, 0.4) is 0 Å². The highest BCUT2D eigenvalue weighted by molar-refractivity contribution is 9.10. The van der Waals surface area contributed by atoms with E-state index in [-0.39, 0.29) is 17.0 Å². The Morgan fingerprint density at radius 3 is 2.41 bits per heavy atom. The van der Waals surface area contributed by atoms with Crippen LogP contribution in [0.15, 0.2) is 51.8 Å². The highest BCUT2D eigenvalue weighted by atomic mass is 79.9. The molecular formula is C14H11BrClNO4S. The third-order valence-electron chi connectivity index (χ3n) is 2.85. The van der Waals surface area contributed by atoms with Gasteiger partial charge in [-0.05, 0) is 51.8 Å². The van der Waals surface area contributed by atoms with Gasteiger partial charge in [0.05, 0.1) is 10.5 Å². The monoisotopic (exact) mass is 403 g/mol. The van der Waals surface area contributed by atoms with Crippen LogP contribution in [0.25, 0.3) is 0 Å². The van der Waals surface area contributed by atoms with Crippen molar-refractivity contribution in [2.75, 3.05) is 0 Å². The minimum atomic E-state index is -3.85.